The first-order chi connectivity index (χ1) is 19.0. The highest BCUT2D eigenvalue weighted by Gasteiger charge is 2.33. The zero-order chi connectivity index (χ0) is 29.4. The highest BCUT2D eigenvalue weighted by Crippen LogP contribution is 2.19. The third kappa shape index (κ3) is 7.87. The summed E-state index contributed by atoms with van der Waals surface area (Å²) in [4.78, 5) is 71.6. The van der Waals surface area contributed by atoms with E-state index in [0.717, 1.165) is 10.9 Å². The first-order valence-corrected chi connectivity index (χ1v) is 12.3. The number of primary amides is 1. The van der Waals surface area contributed by atoms with E-state index in [4.69, 9.17) is 11.5 Å². The fourth-order valence-corrected chi connectivity index (χ4v) is 4.05. The minimum absolute atomic E-state index is 0.0417. The molecule has 0 aliphatic heterocycles. The molecule has 214 valence electrons. The average molecular weight is 557 g/mol. The van der Waals surface area contributed by atoms with E-state index >= 15 is 0 Å². The van der Waals surface area contributed by atoms with Crippen molar-refractivity contribution in [1.29, 1.82) is 0 Å². The largest absolute Gasteiger partial charge is 0.480 e. The van der Waals surface area contributed by atoms with Gasteiger partial charge in [0.2, 0.25) is 23.6 Å². The average Bonchev–Trinajstić information content (AvgIpc) is 3.55. The van der Waals surface area contributed by atoms with E-state index in [1.807, 2.05) is 24.3 Å². The van der Waals surface area contributed by atoms with Crippen LogP contribution in [0.1, 0.15) is 24.6 Å². The summed E-state index contributed by atoms with van der Waals surface area (Å²) in [5.74, 6) is -4.81. The Morgan fingerprint density at radius 2 is 1.68 bits per heavy atom. The first kappa shape index (κ1) is 29.8. The van der Waals surface area contributed by atoms with Crippen molar-refractivity contribution in [1.82, 2.24) is 30.9 Å². The van der Waals surface area contributed by atoms with Crippen LogP contribution in [0.3, 0.4) is 0 Å². The summed E-state index contributed by atoms with van der Waals surface area (Å²) in [5.41, 5.74) is 12.6. The number of hydrogen-bond acceptors (Lipinski definition) is 8. The number of nitrogens with one attached hydrogen (secondary N) is 5. The molecule has 4 amide bonds. The monoisotopic (exact) mass is 556 g/mol. The number of carbonyl (C=O) groups excluding carboxylic acids is 4. The van der Waals surface area contributed by atoms with Crippen LogP contribution in [0.25, 0.3) is 10.9 Å². The van der Waals surface area contributed by atoms with Crippen molar-refractivity contribution in [2.45, 2.75) is 56.5 Å². The molecule has 2 aromatic heterocycles. The van der Waals surface area contributed by atoms with Gasteiger partial charge in [0.15, 0.2) is 0 Å². The van der Waals surface area contributed by atoms with Crippen molar-refractivity contribution in [2.75, 3.05) is 0 Å². The number of aromatic nitrogens is 3. The van der Waals surface area contributed by atoms with E-state index < -0.39 is 66.3 Å². The Hall–Kier alpha value is -4.76. The molecule has 0 aliphatic carbocycles. The molecule has 0 radical (unpaired) electrons. The maximum absolute atomic E-state index is 13.3. The number of benzene rings is 1. The van der Waals surface area contributed by atoms with E-state index in [2.05, 4.69) is 30.9 Å². The number of aliphatic hydroxyl groups is 1. The molecule has 0 fully saturated rings. The second-order valence-electron chi connectivity index (χ2n) is 9.31. The second kappa shape index (κ2) is 13.3. The van der Waals surface area contributed by atoms with Crippen LogP contribution in [-0.2, 0) is 36.8 Å². The molecule has 0 saturated heterocycles. The number of aromatic amines is 2. The zero-order valence-corrected chi connectivity index (χ0v) is 21.6. The van der Waals surface area contributed by atoms with Crippen LogP contribution in [0, 0.1) is 0 Å². The molecular weight excluding hydrogens is 524 g/mol. The molecule has 0 aliphatic rings. The smallest absolute Gasteiger partial charge is 0.326 e. The quantitative estimate of drug-likeness (QED) is 0.104. The molecule has 5 unspecified atom stereocenters. The molecule has 3 aromatic rings. The number of rotatable bonds is 14. The van der Waals surface area contributed by atoms with Crippen LogP contribution in [0.15, 0.2) is 43.0 Å². The van der Waals surface area contributed by atoms with Crippen molar-refractivity contribution in [3.05, 3.63) is 54.2 Å². The SMILES string of the molecule is CC(O)C(NC(=O)C(N)CC(N)=O)C(=O)NC(Cc1cnc[nH]1)C(=O)NC(Cc1c[nH]c2ccccc12)C(=O)O. The summed E-state index contributed by atoms with van der Waals surface area (Å²) < 4.78 is 0. The molecule has 0 saturated carbocycles. The van der Waals surface area contributed by atoms with Gasteiger partial charge in [0.25, 0.3) is 0 Å². The zero-order valence-electron chi connectivity index (χ0n) is 21.6. The number of hydrogen-bond donors (Lipinski definition) is 9. The van der Waals surface area contributed by atoms with Crippen molar-refractivity contribution in [2.24, 2.45) is 11.5 Å². The number of aliphatic carboxylic acids is 1. The van der Waals surface area contributed by atoms with Crippen LogP contribution >= 0.6 is 0 Å². The van der Waals surface area contributed by atoms with Crippen LogP contribution in [0.2, 0.25) is 0 Å². The Kier molecular flexibility index (Phi) is 9.94. The summed E-state index contributed by atoms with van der Waals surface area (Å²) in [7, 11) is 0. The lowest BCUT2D eigenvalue weighted by Gasteiger charge is -2.26. The van der Waals surface area contributed by atoms with Gasteiger partial charge in [-0.1, -0.05) is 18.2 Å². The van der Waals surface area contributed by atoms with Gasteiger partial charge in [0.05, 0.1) is 24.9 Å². The Balaban J connectivity index is 1.77. The number of H-pyrrole nitrogens is 2. The minimum atomic E-state index is -1.55. The van der Waals surface area contributed by atoms with Crippen LogP contribution in [0.4, 0.5) is 0 Å². The topological polar surface area (TPSA) is 258 Å². The van der Waals surface area contributed by atoms with E-state index in [1.165, 1.54) is 19.4 Å². The van der Waals surface area contributed by atoms with Crippen molar-refractivity contribution < 1.29 is 34.2 Å². The number of fused-ring (bicyclic) bond motifs is 1. The lowest BCUT2D eigenvalue weighted by Crippen LogP contribution is -2.60. The van der Waals surface area contributed by atoms with Gasteiger partial charge in [-0.05, 0) is 18.6 Å². The maximum Gasteiger partial charge on any atom is 0.326 e. The molecule has 0 bridgehead atoms. The van der Waals surface area contributed by atoms with E-state index in [9.17, 15) is 34.2 Å². The highest BCUT2D eigenvalue weighted by atomic mass is 16.4. The summed E-state index contributed by atoms with van der Waals surface area (Å²) in [5, 5.41) is 27.9. The number of nitrogens with two attached hydrogens (primary N) is 2. The molecule has 40 heavy (non-hydrogen) atoms. The van der Waals surface area contributed by atoms with Crippen LogP contribution in [-0.4, -0.2) is 85.0 Å². The van der Waals surface area contributed by atoms with Gasteiger partial charge in [-0.3, -0.25) is 19.2 Å². The molecule has 2 heterocycles. The van der Waals surface area contributed by atoms with Crippen LogP contribution < -0.4 is 27.4 Å². The number of para-hydroxylation sites is 1. The minimum Gasteiger partial charge on any atom is -0.480 e. The van der Waals surface area contributed by atoms with E-state index in [-0.39, 0.29) is 12.8 Å². The van der Waals surface area contributed by atoms with E-state index in [0.29, 0.717) is 11.3 Å². The van der Waals surface area contributed by atoms with Gasteiger partial charge < -0.3 is 47.6 Å². The standard InChI is InChI=1S/C25H32N8O7/c1-12(34)21(33-22(36)16(26)8-20(27)35)24(38)31-18(7-14-10-28-11-30-14)23(37)32-19(25(39)40)6-13-9-29-17-5-3-2-4-15(13)17/h2-5,9-12,16,18-19,21,29,34H,6-8,26H2,1H3,(H2,27,35)(H,28,30)(H,31,38)(H,32,37)(H,33,36)(H,39,40). The second-order valence-corrected chi connectivity index (χ2v) is 9.31. The molecule has 1 aromatic carbocycles. The summed E-state index contributed by atoms with van der Waals surface area (Å²) in [6.45, 7) is 1.23. The number of carbonyl (C=O) groups is 5. The number of amides is 4. The van der Waals surface area contributed by atoms with Crippen molar-refractivity contribution >= 4 is 40.5 Å². The Morgan fingerprint density at radius 1 is 0.975 bits per heavy atom. The number of aliphatic hydroxyl groups excluding tert-OH is 1. The molecular formula is C25H32N8O7. The fraction of sp³-hybridized carbons (Fsp3) is 0.360. The first-order valence-electron chi connectivity index (χ1n) is 12.3. The number of carboxylic acids is 1. The third-order valence-corrected chi connectivity index (χ3v) is 6.15. The third-order valence-electron chi connectivity index (χ3n) is 6.15. The van der Waals surface area contributed by atoms with Gasteiger partial charge in [0.1, 0.15) is 18.1 Å². The summed E-state index contributed by atoms with van der Waals surface area (Å²) in [6, 6.07) is 1.71. The molecule has 0 spiro atoms. The van der Waals surface area contributed by atoms with Gasteiger partial charge >= 0.3 is 5.97 Å². The summed E-state index contributed by atoms with van der Waals surface area (Å²) >= 11 is 0. The Bertz CT molecular complexity index is 1350. The fourth-order valence-electron chi connectivity index (χ4n) is 4.05. The number of carboxylic acid groups (broad SMARTS) is 1. The normalized spacial score (nSPS) is 14.9. The highest BCUT2D eigenvalue weighted by molar-refractivity contribution is 5.95. The predicted octanol–water partition coefficient (Wildman–Crippen LogP) is -2.20. The number of imidazole rings is 1. The maximum atomic E-state index is 13.3. The summed E-state index contributed by atoms with van der Waals surface area (Å²) in [6.07, 6.45) is 2.38. The van der Waals surface area contributed by atoms with Gasteiger partial charge in [-0.25, -0.2) is 9.78 Å². The lowest BCUT2D eigenvalue weighted by atomic mass is 10.0. The van der Waals surface area contributed by atoms with Gasteiger partial charge in [0, 0.05) is 41.8 Å². The van der Waals surface area contributed by atoms with Crippen molar-refractivity contribution in [3.63, 3.8) is 0 Å². The molecule has 3 rings (SSSR count). The van der Waals surface area contributed by atoms with E-state index in [1.54, 1.807) is 6.20 Å². The molecule has 5 atom stereocenters. The predicted molar refractivity (Wildman–Crippen MR) is 141 cm³/mol. The Labute approximate surface area is 228 Å². The van der Waals surface area contributed by atoms with Gasteiger partial charge in [-0.2, -0.15) is 0 Å². The van der Waals surface area contributed by atoms with Crippen LogP contribution in [0.5, 0.6) is 0 Å². The number of nitrogens with zero attached hydrogens (tertiary/aromatic N) is 1. The lowest BCUT2D eigenvalue weighted by molar-refractivity contribution is -0.142. The van der Waals surface area contributed by atoms with Gasteiger partial charge in [-0.15, -0.1) is 0 Å². The molecule has 15 nitrogen and oxygen atoms in total. The van der Waals surface area contributed by atoms with Crippen molar-refractivity contribution in [3.8, 4) is 0 Å². The Morgan fingerprint density at radius 3 is 2.30 bits per heavy atom. The molecule has 11 N–H and O–H groups in total. The molecule has 15 heteroatoms.